The van der Waals surface area contributed by atoms with Crippen LogP contribution in [0.1, 0.15) is 22.8 Å². The number of rotatable bonds is 6. The Kier molecular flexibility index (Phi) is 5.57. The molecule has 6 nitrogen and oxygen atoms in total. The third kappa shape index (κ3) is 4.22. The fourth-order valence-electron chi connectivity index (χ4n) is 3.10. The molecular formula is C24H20N2O4. The number of esters is 1. The number of hydrogen-bond acceptors (Lipinski definition) is 5. The van der Waals surface area contributed by atoms with E-state index in [1.54, 1.807) is 37.5 Å². The molecule has 150 valence electrons. The number of carbonyl (C=O) groups excluding carboxylic acids is 2. The lowest BCUT2D eigenvalue weighted by Gasteiger charge is -2.15. The molecule has 0 aliphatic carbocycles. The first-order valence-corrected chi connectivity index (χ1v) is 9.58. The van der Waals surface area contributed by atoms with Crippen molar-refractivity contribution in [2.24, 2.45) is 0 Å². The second-order valence-electron chi connectivity index (χ2n) is 6.80. The van der Waals surface area contributed by atoms with Gasteiger partial charge in [-0.05, 0) is 36.8 Å². The molecule has 0 aliphatic heterocycles. The Balaban J connectivity index is 1.53. The molecule has 2 aromatic carbocycles. The number of amides is 1. The number of ether oxygens (including phenoxy) is 1. The summed E-state index contributed by atoms with van der Waals surface area (Å²) in [4.78, 5) is 29.9. The molecule has 2 aromatic heterocycles. The van der Waals surface area contributed by atoms with E-state index >= 15 is 0 Å². The Labute approximate surface area is 173 Å². The lowest BCUT2D eigenvalue weighted by Crippen LogP contribution is -2.35. The predicted octanol–water partition coefficient (Wildman–Crippen LogP) is 4.36. The number of nitrogens with one attached hydrogen (secondary N) is 1. The zero-order valence-electron chi connectivity index (χ0n) is 16.4. The van der Waals surface area contributed by atoms with E-state index in [-0.39, 0.29) is 5.91 Å². The Hall–Kier alpha value is -3.93. The van der Waals surface area contributed by atoms with Gasteiger partial charge >= 0.3 is 5.97 Å². The summed E-state index contributed by atoms with van der Waals surface area (Å²) in [5, 5.41) is 3.43. The molecule has 0 fully saturated rings. The molecule has 30 heavy (non-hydrogen) atoms. The number of aromatic nitrogens is 1. The van der Waals surface area contributed by atoms with Crippen molar-refractivity contribution in [1.29, 1.82) is 0 Å². The molecule has 1 amide bonds. The van der Waals surface area contributed by atoms with Crippen LogP contribution >= 0.6 is 0 Å². The summed E-state index contributed by atoms with van der Waals surface area (Å²) in [5.41, 5.74) is 2.45. The Morgan fingerprint density at radius 1 is 1.03 bits per heavy atom. The van der Waals surface area contributed by atoms with E-state index in [1.807, 2.05) is 48.5 Å². The summed E-state index contributed by atoms with van der Waals surface area (Å²) < 4.78 is 10.9. The third-order valence-corrected chi connectivity index (χ3v) is 4.67. The second-order valence-corrected chi connectivity index (χ2v) is 6.80. The number of para-hydroxylation sites is 1. The molecule has 4 rings (SSSR count). The van der Waals surface area contributed by atoms with E-state index < -0.39 is 12.1 Å². The number of pyridine rings is 1. The Bertz CT molecular complexity index is 1170. The van der Waals surface area contributed by atoms with Crippen molar-refractivity contribution in [3.05, 3.63) is 90.2 Å². The molecule has 0 radical (unpaired) electrons. The number of nitrogens with zero attached hydrogens (tertiary/aromatic N) is 1. The van der Waals surface area contributed by atoms with E-state index in [1.165, 1.54) is 0 Å². The summed E-state index contributed by atoms with van der Waals surface area (Å²) in [7, 11) is 0. The first-order valence-electron chi connectivity index (χ1n) is 9.58. The average molecular weight is 400 g/mol. The van der Waals surface area contributed by atoms with Crippen LogP contribution in [0.4, 0.5) is 0 Å². The quantitative estimate of drug-likeness (QED) is 0.487. The van der Waals surface area contributed by atoms with E-state index in [0.717, 1.165) is 5.56 Å². The SMILES string of the molecule is C[C@@H](OC(=O)c1cc(-c2ccco2)nc2ccccc12)C(=O)NCc1ccccc1. The van der Waals surface area contributed by atoms with Crippen molar-refractivity contribution in [2.45, 2.75) is 19.6 Å². The summed E-state index contributed by atoms with van der Waals surface area (Å²) in [5.74, 6) is -0.413. The maximum atomic E-state index is 12.9. The van der Waals surface area contributed by atoms with Crippen molar-refractivity contribution in [1.82, 2.24) is 10.3 Å². The fraction of sp³-hybridized carbons (Fsp3) is 0.125. The third-order valence-electron chi connectivity index (χ3n) is 4.67. The van der Waals surface area contributed by atoms with Crippen molar-refractivity contribution in [3.8, 4) is 11.5 Å². The monoisotopic (exact) mass is 400 g/mol. The molecule has 4 aromatic rings. The first kappa shape index (κ1) is 19.4. The molecule has 0 spiro atoms. The van der Waals surface area contributed by atoms with Crippen molar-refractivity contribution in [2.75, 3.05) is 0 Å². The van der Waals surface area contributed by atoms with Crippen LogP contribution in [0.15, 0.2) is 83.5 Å². The van der Waals surface area contributed by atoms with Crippen molar-refractivity contribution < 1.29 is 18.7 Å². The molecule has 0 bridgehead atoms. The maximum Gasteiger partial charge on any atom is 0.339 e. The summed E-state index contributed by atoms with van der Waals surface area (Å²) >= 11 is 0. The lowest BCUT2D eigenvalue weighted by atomic mass is 10.1. The van der Waals surface area contributed by atoms with Crippen molar-refractivity contribution in [3.63, 3.8) is 0 Å². The van der Waals surface area contributed by atoms with Gasteiger partial charge in [-0.2, -0.15) is 0 Å². The summed E-state index contributed by atoms with van der Waals surface area (Å²) in [6, 6.07) is 22.0. The van der Waals surface area contributed by atoms with Gasteiger partial charge in [0.25, 0.3) is 5.91 Å². The lowest BCUT2D eigenvalue weighted by molar-refractivity contribution is -0.129. The molecule has 0 saturated carbocycles. The van der Waals surface area contributed by atoms with Crippen LogP contribution < -0.4 is 5.32 Å². The number of furan rings is 1. The predicted molar refractivity (Wildman–Crippen MR) is 113 cm³/mol. The zero-order valence-corrected chi connectivity index (χ0v) is 16.4. The smallest absolute Gasteiger partial charge is 0.339 e. The maximum absolute atomic E-state index is 12.9. The van der Waals surface area contributed by atoms with E-state index in [2.05, 4.69) is 10.3 Å². The average Bonchev–Trinajstić information content (AvgIpc) is 3.32. The minimum Gasteiger partial charge on any atom is -0.463 e. The highest BCUT2D eigenvalue weighted by molar-refractivity contribution is 6.05. The minimum atomic E-state index is -0.944. The van der Waals surface area contributed by atoms with Crippen LogP contribution in [-0.4, -0.2) is 23.0 Å². The standard InChI is InChI=1S/C24H20N2O4/c1-16(23(27)25-15-17-8-3-2-4-9-17)30-24(28)19-14-21(22-12-7-13-29-22)26-20-11-6-5-10-18(19)20/h2-14,16H,15H2,1H3,(H,25,27)/t16-/m1/s1. The Morgan fingerprint density at radius 2 is 1.80 bits per heavy atom. The van der Waals surface area contributed by atoms with Gasteiger partial charge in [-0.25, -0.2) is 9.78 Å². The highest BCUT2D eigenvalue weighted by Crippen LogP contribution is 2.26. The fourth-order valence-corrected chi connectivity index (χ4v) is 3.10. The number of benzene rings is 2. The summed E-state index contributed by atoms with van der Waals surface area (Å²) in [6.07, 6.45) is 0.601. The normalized spacial score (nSPS) is 11.8. The van der Waals surface area contributed by atoms with E-state index in [0.29, 0.717) is 34.5 Å². The van der Waals surface area contributed by atoms with Crippen LogP contribution in [0, 0.1) is 0 Å². The molecule has 0 aliphatic rings. The number of hydrogen-bond donors (Lipinski definition) is 1. The van der Waals surface area contributed by atoms with Gasteiger partial charge in [0, 0.05) is 11.9 Å². The number of carbonyl (C=O) groups is 2. The van der Waals surface area contributed by atoms with E-state index in [4.69, 9.17) is 9.15 Å². The van der Waals surface area contributed by atoms with Crippen LogP contribution in [0.2, 0.25) is 0 Å². The topological polar surface area (TPSA) is 81.4 Å². The van der Waals surface area contributed by atoms with Gasteiger partial charge in [0.2, 0.25) is 0 Å². The molecule has 1 atom stereocenters. The van der Waals surface area contributed by atoms with Gasteiger partial charge in [-0.15, -0.1) is 0 Å². The van der Waals surface area contributed by atoms with Gasteiger partial charge in [-0.3, -0.25) is 4.79 Å². The van der Waals surface area contributed by atoms with E-state index in [9.17, 15) is 9.59 Å². The molecule has 2 heterocycles. The number of fused-ring (bicyclic) bond motifs is 1. The van der Waals surface area contributed by atoms with Gasteiger partial charge in [0.1, 0.15) is 5.69 Å². The van der Waals surface area contributed by atoms with Gasteiger partial charge in [0.05, 0.1) is 17.3 Å². The second kappa shape index (κ2) is 8.61. The van der Waals surface area contributed by atoms with Gasteiger partial charge in [-0.1, -0.05) is 48.5 Å². The molecule has 6 heteroatoms. The van der Waals surface area contributed by atoms with Crippen LogP contribution in [-0.2, 0) is 16.1 Å². The molecule has 0 unspecified atom stereocenters. The highest BCUT2D eigenvalue weighted by Gasteiger charge is 2.22. The molecule has 1 N–H and O–H groups in total. The molecular weight excluding hydrogens is 380 g/mol. The first-order chi connectivity index (χ1) is 14.6. The van der Waals surface area contributed by atoms with Gasteiger partial charge < -0.3 is 14.5 Å². The van der Waals surface area contributed by atoms with Gasteiger partial charge in [0.15, 0.2) is 11.9 Å². The zero-order chi connectivity index (χ0) is 20.9. The highest BCUT2D eigenvalue weighted by atomic mass is 16.5. The largest absolute Gasteiger partial charge is 0.463 e. The minimum absolute atomic E-state index is 0.328. The van der Waals surface area contributed by atoms with Crippen LogP contribution in [0.3, 0.4) is 0 Å². The van der Waals surface area contributed by atoms with Crippen LogP contribution in [0.5, 0.6) is 0 Å². The Morgan fingerprint density at radius 3 is 2.57 bits per heavy atom. The van der Waals surface area contributed by atoms with Crippen molar-refractivity contribution >= 4 is 22.8 Å². The summed E-state index contributed by atoms with van der Waals surface area (Å²) in [6.45, 7) is 1.91. The molecule has 0 saturated heterocycles. The van der Waals surface area contributed by atoms with Crippen LogP contribution in [0.25, 0.3) is 22.4 Å².